The lowest BCUT2D eigenvalue weighted by atomic mass is 10.3. The largest absolute Gasteiger partial charge is 0.275 e. The molecule has 88 valence electrons. The van der Waals surface area contributed by atoms with E-state index in [1.807, 2.05) is 18.4 Å². The van der Waals surface area contributed by atoms with Gasteiger partial charge in [0.25, 0.3) is 0 Å². The summed E-state index contributed by atoms with van der Waals surface area (Å²) in [5, 5.41) is 7.01. The third-order valence-electron chi connectivity index (χ3n) is 2.11. The van der Waals surface area contributed by atoms with Gasteiger partial charge in [0.1, 0.15) is 0 Å². The Hall–Kier alpha value is -1.10. The SMILES string of the molecule is Cc1ccsc1/C=N\Nc1c(Cl)cncc1Cl. The second kappa shape index (κ2) is 5.49. The van der Waals surface area contributed by atoms with Crippen LogP contribution in [0.3, 0.4) is 0 Å². The van der Waals surface area contributed by atoms with Gasteiger partial charge in [-0.05, 0) is 23.9 Å². The van der Waals surface area contributed by atoms with Gasteiger partial charge in [0, 0.05) is 17.3 Å². The molecule has 0 radical (unpaired) electrons. The van der Waals surface area contributed by atoms with Gasteiger partial charge in [-0.25, -0.2) is 0 Å². The van der Waals surface area contributed by atoms with E-state index in [1.165, 1.54) is 18.0 Å². The van der Waals surface area contributed by atoms with Crippen LogP contribution < -0.4 is 5.43 Å². The molecule has 0 amide bonds. The first-order valence-electron chi connectivity index (χ1n) is 4.80. The summed E-state index contributed by atoms with van der Waals surface area (Å²) in [6, 6.07) is 2.04. The zero-order chi connectivity index (χ0) is 12.3. The molecule has 0 aromatic carbocycles. The van der Waals surface area contributed by atoms with Gasteiger partial charge in [-0.3, -0.25) is 10.4 Å². The van der Waals surface area contributed by atoms with Crippen LogP contribution in [0.5, 0.6) is 0 Å². The minimum atomic E-state index is 0.442. The Morgan fingerprint density at radius 2 is 2.06 bits per heavy atom. The number of thiophene rings is 1. The van der Waals surface area contributed by atoms with Crippen molar-refractivity contribution < 1.29 is 0 Å². The van der Waals surface area contributed by atoms with Crippen LogP contribution in [0.25, 0.3) is 0 Å². The lowest BCUT2D eigenvalue weighted by Crippen LogP contribution is -1.93. The molecule has 6 heteroatoms. The average Bonchev–Trinajstić information content (AvgIpc) is 2.69. The summed E-state index contributed by atoms with van der Waals surface area (Å²) in [6.45, 7) is 2.03. The van der Waals surface area contributed by atoms with Crippen molar-refractivity contribution in [3.05, 3.63) is 44.3 Å². The van der Waals surface area contributed by atoms with Crippen LogP contribution >= 0.6 is 34.5 Å². The van der Waals surface area contributed by atoms with Gasteiger partial charge in [0.05, 0.1) is 21.9 Å². The second-order valence-corrected chi connectivity index (χ2v) is 5.08. The van der Waals surface area contributed by atoms with Crippen molar-refractivity contribution in [2.24, 2.45) is 5.10 Å². The zero-order valence-electron chi connectivity index (χ0n) is 8.95. The van der Waals surface area contributed by atoms with Crippen molar-refractivity contribution in [1.82, 2.24) is 4.98 Å². The number of rotatable bonds is 3. The van der Waals surface area contributed by atoms with E-state index in [0.717, 1.165) is 4.88 Å². The highest BCUT2D eigenvalue weighted by Gasteiger charge is 2.04. The van der Waals surface area contributed by atoms with E-state index in [-0.39, 0.29) is 0 Å². The van der Waals surface area contributed by atoms with Crippen molar-refractivity contribution in [3.8, 4) is 0 Å². The van der Waals surface area contributed by atoms with Crippen LogP contribution in [-0.4, -0.2) is 11.2 Å². The van der Waals surface area contributed by atoms with E-state index in [2.05, 4.69) is 15.5 Å². The molecule has 0 aliphatic heterocycles. The number of aryl methyl sites for hydroxylation is 1. The van der Waals surface area contributed by atoms with E-state index in [1.54, 1.807) is 17.6 Å². The van der Waals surface area contributed by atoms with E-state index in [9.17, 15) is 0 Å². The van der Waals surface area contributed by atoms with Crippen molar-refractivity contribution >= 4 is 46.4 Å². The molecule has 0 saturated heterocycles. The molecule has 0 aliphatic rings. The molecule has 0 saturated carbocycles. The van der Waals surface area contributed by atoms with E-state index >= 15 is 0 Å². The smallest absolute Gasteiger partial charge is 0.0965 e. The number of hydrogen-bond donors (Lipinski definition) is 1. The molecular weight excluding hydrogens is 277 g/mol. The van der Waals surface area contributed by atoms with Gasteiger partial charge in [0.2, 0.25) is 0 Å². The molecule has 3 nitrogen and oxygen atoms in total. The van der Waals surface area contributed by atoms with Crippen LogP contribution in [-0.2, 0) is 0 Å². The summed E-state index contributed by atoms with van der Waals surface area (Å²) >= 11 is 13.5. The predicted octanol–water partition coefficient (Wildman–Crippen LogP) is 4.20. The summed E-state index contributed by atoms with van der Waals surface area (Å²) < 4.78 is 0. The van der Waals surface area contributed by atoms with Gasteiger partial charge in [-0.15, -0.1) is 11.3 Å². The molecule has 0 bridgehead atoms. The normalized spacial score (nSPS) is 11.0. The van der Waals surface area contributed by atoms with E-state index in [0.29, 0.717) is 15.7 Å². The highest BCUT2D eigenvalue weighted by Crippen LogP contribution is 2.28. The number of nitrogens with one attached hydrogen (secondary N) is 1. The molecule has 0 spiro atoms. The number of nitrogens with zero attached hydrogens (tertiary/aromatic N) is 2. The van der Waals surface area contributed by atoms with Crippen LogP contribution in [0.4, 0.5) is 5.69 Å². The third kappa shape index (κ3) is 2.97. The quantitative estimate of drug-likeness (QED) is 0.678. The van der Waals surface area contributed by atoms with Gasteiger partial charge < -0.3 is 0 Å². The minimum Gasteiger partial charge on any atom is -0.275 e. The number of hydrazone groups is 1. The summed E-state index contributed by atoms with van der Waals surface area (Å²) in [4.78, 5) is 4.96. The first-order chi connectivity index (χ1) is 8.18. The first-order valence-corrected chi connectivity index (χ1v) is 6.44. The maximum absolute atomic E-state index is 5.94. The summed E-state index contributed by atoms with van der Waals surface area (Å²) in [5.74, 6) is 0. The van der Waals surface area contributed by atoms with E-state index < -0.39 is 0 Å². The molecule has 2 aromatic rings. The summed E-state index contributed by atoms with van der Waals surface area (Å²) in [5.41, 5.74) is 4.57. The number of pyridine rings is 1. The Morgan fingerprint density at radius 1 is 1.35 bits per heavy atom. The predicted molar refractivity (Wildman–Crippen MR) is 74.5 cm³/mol. The number of anilines is 1. The maximum atomic E-state index is 5.94. The fourth-order valence-electron chi connectivity index (χ4n) is 1.19. The van der Waals surface area contributed by atoms with Gasteiger partial charge in [-0.2, -0.15) is 5.10 Å². The van der Waals surface area contributed by atoms with Gasteiger partial charge >= 0.3 is 0 Å². The molecular formula is C11H9Cl2N3S. The van der Waals surface area contributed by atoms with Crippen molar-refractivity contribution in [2.45, 2.75) is 6.92 Å². The number of halogens is 2. The fraction of sp³-hybridized carbons (Fsp3) is 0.0909. The standard InChI is InChI=1S/C11H9Cl2N3S/c1-7-2-3-17-10(7)6-15-16-11-8(12)4-14-5-9(11)13/h2-6H,1H3,(H,14,16)/b15-6-. The zero-order valence-corrected chi connectivity index (χ0v) is 11.3. The lowest BCUT2D eigenvalue weighted by molar-refractivity contribution is 1.28. The van der Waals surface area contributed by atoms with Gasteiger partial charge in [0.15, 0.2) is 0 Å². The highest BCUT2D eigenvalue weighted by molar-refractivity contribution is 7.11. The lowest BCUT2D eigenvalue weighted by Gasteiger charge is -2.04. The molecule has 2 aromatic heterocycles. The maximum Gasteiger partial charge on any atom is 0.0965 e. The Kier molecular flexibility index (Phi) is 3.99. The highest BCUT2D eigenvalue weighted by atomic mass is 35.5. The summed E-state index contributed by atoms with van der Waals surface area (Å²) in [6.07, 6.45) is 4.77. The molecule has 1 N–H and O–H groups in total. The average molecular weight is 286 g/mol. The van der Waals surface area contributed by atoms with Crippen LogP contribution in [0.1, 0.15) is 10.4 Å². The molecule has 2 heterocycles. The molecule has 0 fully saturated rings. The Morgan fingerprint density at radius 3 is 2.65 bits per heavy atom. The Bertz CT molecular complexity index is 531. The van der Waals surface area contributed by atoms with Crippen LogP contribution in [0, 0.1) is 6.92 Å². The van der Waals surface area contributed by atoms with Crippen molar-refractivity contribution in [1.29, 1.82) is 0 Å². The second-order valence-electron chi connectivity index (χ2n) is 3.32. The number of aromatic nitrogens is 1. The topological polar surface area (TPSA) is 37.3 Å². The van der Waals surface area contributed by atoms with Gasteiger partial charge in [-0.1, -0.05) is 23.2 Å². The molecule has 2 rings (SSSR count). The van der Waals surface area contributed by atoms with Crippen LogP contribution in [0.2, 0.25) is 10.0 Å². The first kappa shape index (κ1) is 12.4. The van der Waals surface area contributed by atoms with E-state index in [4.69, 9.17) is 23.2 Å². The minimum absolute atomic E-state index is 0.442. The fourth-order valence-corrected chi connectivity index (χ4v) is 2.43. The third-order valence-corrected chi connectivity index (χ3v) is 3.64. The Labute approximate surface area is 113 Å². The Balaban J connectivity index is 2.13. The molecule has 0 atom stereocenters. The molecule has 17 heavy (non-hydrogen) atoms. The molecule has 0 aliphatic carbocycles. The van der Waals surface area contributed by atoms with Crippen LogP contribution in [0.15, 0.2) is 28.9 Å². The monoisotopic (exact) mass is 285 g/mol. The number of hydrogen-bond acceptors (Lipinski definition) is 4. The summed E-state index contributed by atoms with van der Waals surface area (Å²) in [7, 11) is 0. The molecule has 0 unspecified atom stereocenters. The van der Waals surface area contributed by atoms with Crippen molar-refractivity contribution in [2.75, 3.05) is 5.43 Å². The van der Waals surface area contributed by atoms with Crippen molar-refractivity contribution in [3.63, 3.8) is 0 Å².